The monoisotopic (exact) mass is 388 g/mol. The SMILES string of the molecule is CC1C(C(=O)O)CCCN1c1ccnc(-c2cnc3cnc(C(F)F)cn23)n1. The predicted octanol–water partition coefficient (Wildman–Crippen LogP) is 2.81. The summed E-state index contributed by atoms with van der Waals surface area (Å²) >= 11 is 0. The van der Waals surface area contributed by atoms with Crippen molar-refractivity contribution in [3.8, 4) is 11.5 Å². The normalized spacial score (nSPS) is 20.1. The van der Waals surface area contributed by atoms with Gasteiger partial charge in [-0.1, -0.05) is 0 Å². The zero-order valence-corrected chi connectivity index (χ0v) is 15.0. The van der Waals surface area contributed by atoms with Gasteiger partial charge < -0.3 is 10.0 Å². The number of carbonyl (C=O) groups is 1. The van der Waals surface area contributed by atoms with Crippen LogP contribution in [0.2, 0.25) is 0 Å². The van der Waals surface area contributed by atoms with Crippen LogP contribution in [0.3, 0.4) is 0 Å². The highest BCUT2D eigenvalue weighted by atomic mass is 19.3. The molecule has 0 spiro atoms. The Morgan fingerprint density at radius 3 is 2.86 bits per heavy atom. The van der Waals surface area contributed by atoms with Gasteiger partial charge in [0.15, 0.2) is 11.5 Å². The average Bonchev–Trinajstić information content (AvgIpc) is 3.11. The first-order valence-electron chi connectivity index (χ1n) is 8.89. The molecule has 1 aliphatic heterocycles. The molecule has 2 atom stereocenters. The minimum absolute atomic E-state index is 0.217. The van der Waals surface area contributed by atoms with E-state index in [1.54, 1.807) is 12.3 Å². The first-order valence-corrected chi connectivity index (χ1v) is 8.89. The second-order valence-corrected chi connectivity index (χ2v) is 6.74. The van der Waals surface area contributed by atoms with Gasteiger partial charge in [0.1, 0.15) is 17.2 Å². The standard InChI is InChI=1S/C18H18F2N6O2/c1-10-11(18(27)28)3-2-6-25(10)14-4-5-21-17(24-14)13-7-23-15-8-22-12(16(19)20)9-26(13)15/h4-5,7-11,16H,2-3,6H2,1H3,(H,27,28). The van der Waals surface area contributed by atoms with Crippen LogP contribution in [-0.2, 0) is 4.79 Å². The second-order valence-electron chi connectivity index (χ2n) is 6.74. The van der Waals surface area contributed by atoms with Gasteiger partial charge >= 0.3 is 5.97 Å². The van der Waals surface area contributed by atoms with Crippen LogP contribution in [0.4, 0.5) is 14.6 Å². The fourth-order valence-corrected chi connectivity index (χ4v) is 3.61. The van der Waals surface area contributed by atoms with E-state index >= 15 is 0 Å². The maximum atomic E-state index is 13.0. The van der Waals surface area contributed by atoms with Crippen LogP contribution >= 0.6 is 0 Å². The molecule has 0 saturated carbocycles. The molecule has 3 aromatic rings. The van der Waals surface area contributed by atoms with Crippen molar-refractivity contribution in [3.05, 3.63) is 36.5 Å². The number of imidazole rings is 1. The van der Waals surface area contributed by atoms with Crippen molar-refractivity contribution in [1.29, 1.82) is 0 Å². The zero-order valence-electron chi connectivity index (χ0n) is 15.0. The van der Waals surface area contributed by atoms with E-state index in [9.17, 15) is 18.7 Å². The van der Waals surface area contributed by atoms with E-state index in [1.165, 1.54) is 23.0 Å². The molecule has 4 rings (SSSR count). The summed E-state index contributed by atoms with van der Waals surface area (Å²) in [5, 5.41) is 9.43. The van der Waals surface area contributed by atoms with Crippen LogP contribution in [0.5, 0.6) is 0 Å². The van der Waals surface area contributed by atoms with Crippen LogP contribution in [0.1, 0.15) is 31.9 Å². The van der Waals surface area contributed by atoms with E-state index in [-0.39, 0.29) is 11.7 Å². The van der Waals surface area contributed by atoms with Gasteiger partial charge in [-0.2, -0.15) is 0 Å². The van der Waals surface area contributed by atoms with Crippen LogP contribution in [0, 0.1) is 5.92 Å². The molecule has 0 aliphatic carbocycles. The summed E-state index contributed by atoms with van der Waals surface area (Å²) in [6.07, 6.45) is 4.26. The molecule has 0 radical (unpaired) electrons. The molecule has 1 N–H and O–H groups in total. The molecule has 3 aromatic heterocycles. The van der Waals surface area contributed by atoms with Gasteiger partial charge in [-0.25, -0.2) is 28.7 Å². The number of hydrogen-bond donors (Lipinski definition) is 1. The number of hydrogen-bond acceptors (Lipinski definition) is 6. The highest BCUT2D eigenvalue weighted by Gasteiger charge is 2.33. The first kappa shape index (κ1) is 18.2. The third kappa shape index (κ3) is 3.14. The maximum absolute atomic E-state index is 13.0. The maximum Gasteiger partial charge on any atom is 0.308 e. The molecule has 8 nitrogen and oxygen atoms in total. The molecular formula is C18H18F2N6O2. The summed E-state index contributed by atoms with van der Waals surface area (Å²) in [7, 11) is 0. The zero-order chi connectivity index (χ0) is 19.8. The van der Waals surface area contributed by atoms with Gasteiger partial charge in [0, 0.05) is 25.0 Å². The van der Waals surface area contributed by atoms with Crippen LogP contribution in [-0.4, -0.2) is 48.0 Å². The van der Waals surface area contributed by atoms with E-state index in [0.29, 0.717) is 35.9 Å². The fraction of sp³-hybridized carbons (Fsp3) is 0.389. The van der Waals surface area contributed by atoms with Gasteiger partial charge in [-0.3, -0.25) is 9.20 Å². The highest BCUT2D eigenvalue weighted by Crippen LogP contribution is 2.29. The number of alkyl halides is 2. The van der Waals surface area contributed by atoms with Crippen molar-refractivity contribution in [2.24, 2.45) is 5.92 Å². The summed E-state index contributed by atoms with van der Waals surface area (Å²) in [6.45, 7) is 2.56. The molecule has 1 fully saturated rings. The number of rotatable bonds is 4. The van der Waals surface area contributed by atoms with Gasteiger partial charge in [0.2, 0.25) is 0 Å². The van der Waals surface area contributed by atoms with Crippen molar-refractivity contribution in [1.82, 2.24) is 24.3 Å². The third-order valence-corrected chi connectivity index (χ3v) is 5.11. The van der Waals surface area contributed by atoms with Crippen molar-refractivity contribution >= 4 is 17.4 Å². The molecule has 0 aromatic carbocycles. The summed E-state index contributed by atoms with van der Waals surface area (Å²) in [4.78, 5) is 30.1. The van der Waals surface area contributed by atoms with Gasteiger partial charge in [0.05, 0.1) is 18.3 Å². The lowest BCUT2D eigenvalue weighted by atomic mass is 9.90. The van der Waals surface area contributed by atoms with Crippen molar-refractivity contribution < 1.29 is 18.7 Å². The average molecular weight is 388 g/mol. The molecule has 146 valence electrons. The summed E-state index contributed by atoms with van der Waals surface area (Å²) in [6, 6.07) is 1.50. The van der Waals surface area contributed by atoms with Crippen LogP contribution in [0.15, 0.2) is 30.9 Å². The van der Waals surface area contributed by atoms with Gasteiger partial charge in [0.25, 0.3) is 6.43 Å². The second kappa shape index (κ2) is 7.10. The first-order chi connectivity index (χ1) is 13.5. The molecule has 1 saturated heterocycles. The lowest BCUT2D eigenvalue weighted by Crippen LogP contribution is -2.46. The smallest absolute Gasteiger partial charge is 0.308 e. The number of carboxylic acid groups (broad SMARTS) is 1. The van der Waals surface area contributed by atoms with Gasteiger partial charge in [-0.05, 0) is 25.8 Å². The number of anilines is 1. The number of halogens is 2. The molecule has 10 heteroatoms. The minimum Gasteiger partial charge on any atom is -0.481 e. The largest absolute Gasteiger partial charge is 0.481 e. The van der Waals surface area contributed by atoms with E-state index in [1.807, 2.05) is 11.8 Å². The summed E-state index contributed by atoms with van der Waals surface area (Å²) in [5.74, 6) is -0.370. The molecule has 0 amide bonds. The van der Waals surface area contributed by atoms with Crippen molar-refractivity contribution in [2.45, 2.75) is 32.2 Å². The van der Waals surface area contributed by atoms with Crippen molar-refractivity contribution in [2.75, 3.05) is 11.4 Å². The topological polar surface area (TPSA) is 96.5 Å². The van der Waals surface area contributed by atoms with Crippen molar-refractivity contribution in [3.63, 3.8) is 0 Å². The fourth-order valence-electron chi connectivity index (χ4n) is 3.61. The number of aromatic nitrogens is 5. The molecule has 28 heavy (non-hydrogen) atoms. The number of fused-ring (bicyclic) bond motifs is 1. The summed E-state index contributed by atoms with van der Waals surface area (Å²) in [5.41, 5.74) is 0.503. The Bertz CT molecular complexity index is 1020. The highest BCUT2D eigenvalue weighted by molar-refractivity contribution is 5.72. The van der Waals surface area contributed by atoms with E-state index in [4.69, 9.17) is 0 Å². The lowest BCUT2D eigenvalue weighted by molar-refractivity contribution is -0.143. The molecular weight excluding hydrogens is 370 g/mol. The molecule has 1 aliphatic rings. The Morgan fingerprint density at radius 2 is 2.11 bits per heavy atom. The van der Waals surface area contributed by atoms with E-state index in [2.05, 4.69) is 19.9 Å². The Morgan fingerprint density at radius 1 is 1.29 bits per heavy atom. The molecule has 0 bridgehead atoms. The van der Waals surface area contributed by atoms with Crippen LogP contribution in [0.25, 0.3) is 17.2 Å². The lowest BCUT2D eigenvalue weighted by Gasteiger charge is -2.38. The number of carboxylic acids is 1. The Kier molecular flexibility index (Phi) is 4.62. The molecule has 4 heterocycles. The third-order valence-electron chi connectivity index (χ3n) is 5.11. The number of piperidine rings is 1. The minimum atomic E-state index is -2.70. The summed E-state index contributed by atoms with van der Waals surface area (Å²) < 4.78 is 27.5. The molecule has 2 unspecified atom stereocenters. The van der Waals surface area contributed by atoms with E-state index in [0.717, 1.165) is 6.42 Å². The van der Waals surface area contributed by atoms with Gasteiger partial charge in [-0.15, -0.1) is 0 Å². The predicted molar refractivity (Wildman–Crippen MR) is 96.1 cm³/mol. The Balaban J connectivity index is 1.72. The Hall–Kier alpha value is -3.17. The quantitative estimate of drug-likeness (QED) is 0.734. The van der Waals surface area contributed by atoms with Crippen LogP contribution < -0.4 is 4.90 Å². The number of aliphatic carboxylic acids is 1. The van der Waals surface area contributed by atoms with E-state index < -0.39 is 18.3 Å². The number of nitrogens with zero attached hydrogens (tertiary/aromatic N) is 6. The Labute approximate surface area is 158 Å².